The summed E-state index contributed by atoms with van der Waals surface area (Å²) < 4.78 is 10.1. The summed E-state index contributed by atoms with van der Waals surface area (Å²) in [6, 6.07) is 3.02. The second-order valence-electron chi connectivity index (χ2n) is 4.54. The van der Waals surface area contributed by atoms with E-state index in [1.807, 2.05) is 0 Å². The number of nitrogens with one attached hydrogen (secondary N) is 2. The fourth-order valence-electron chi connectivity index (χ4n) is 2.06. The van der Waals surface area contributed by atoms with Gasteiger partial charge in [0.1, 0.15) is 5.69 Å². The normalized spacial score (nSPS) is 12.9. The first kappa shape index (κ1) is 15.2. The maximum atomic E-state index is 11.3. The Kier molecular flexibility index (Phi) is 5.07. The first-order chi connectivity index (χ1) is 10.1. The van der Waals surface area contributed by atoms with Crippen LogP contribution in [0.1, 0.15) is 5.56 Å². The molecule has 0 fully saturated rings. The van der Waals surface area contributed by atoms with E-state index in [1.165, 1.54) is 6.07 Å². The van der Waals surface area contributed by atoms with Crippen molar-refractivity contribution in [2.45, 2.75) is 6.42 Å². The summed E-state index contributed by atoms with van der Waals surface area (Å²) >= 11 is 0. The van der Waals surface area contributed by atoms with Gasteiger partial charge in [-0.1, -0.05) is 0 Å². The molecule has 8 nitrogen and oxygen atoms in total. The number of nitrogens with zero attached hydrogens (tertiary/aromatic N) is 1. The molecule has 0 saturated carbocycles. The molecule has 0 aromatic heterocycles. The predicted molar refractivity (Wildman–Crippen MR) is 76.6 cm³/mol. The molecule has 1 amide bonds. The van der Waals surface area contributed by atoms with E-state index in [1.54, 1.807) is 13.2 Å². The van der Waals surface area contributed by atoms with Crippen molar-refractivity contribution in [2.24, 2.45) is 0 Å². The van der Waals surface area contributed by atoms with Crippen LogP contribution in [0.25, 0.3) is 0 Å². The van der Waals surface area contributed by atoms with Gasteiger partial charge in [-0.2, -0.15) is 0 Å². The van der Waals surface area contributed by atoms with E-state index in [4.69, 9.17) is 9.47 Å². The largest absolute Gasteiger partial charge is 0.382 e. The fourth-order valence-corrected chi connectivity index (χ4v) is 2.06. The number of ether oxygens (including phenoxy) is 2. The molecule has 8 heteroatoms. The van der Waals surface area contributed by atoms with Gasteiger partial charge in [-0.25, -0.2) is 0 Å². The molecule has 114 valence electrons. The van der Waals surface area contributed by atoms with E-state index >= 15 is 0 Å². The number of hydrogen-bond acceptors (Lipinski definition) is 6. The highest BCUT2D eigenvalue weighted by atomic mass is 16.6. The highest BCUT2D eigenvalue weighted by molar-refractivity contribution is 6.00. The molecule has 21 heavy (non-hydrogen) atoms. The van der Waals surface area contributed by atoms with Gasteiger partial charge in [-0.3, -0.25) is 14.9 Å². The number of nitro benzene ring substituents is 1. The van der Waals surface area contributed by atoms with Gasteiger partial charge in [0.15, 0.2) is 0 Å². The maximum Gasteiger partial charge on any atom is 0.292 e. The van der Waals surface area contributed by atoms with Crippen molar-refractivity contribution in [2.75, 3.05) is 44.1 Å². The summed E-state index contributed by atoms with van der Waals surface area (Å²) in [5, 5.41) is 16.7. The van der Waals surface area contributed by atoms with E-state index in [-0.39, 0.29) is 18.0 Å². The lowest BCUT2D eigenvalue weighted by Crippen LogP contribution is -2.13. The molecule has 0 radical (unpaired) electrons. The van der Waals surface area contributed by atoms with Crippen molar-refractivity contribution < 1.29 is 19.2 Å². The Morgan fingerprint density at radius 2 is 2.19 bits per heavy atom. The SMILES string of the molecule is COCCOCCNc1cc2c(cc1[N+](=O)[O-])CC(=O)N2. The third kappa shape index (κ3) is 3.89. The monoisotopic (exact) mass is 295 g/mol. The number of fused-ring (bicyclic) bond motifs is 1. The highest BCUT2D eigenvalue weighted by Crippen LogP contribution is 2.34. The smallest absolute Gasteiger partial charge is 0.292 e. The summed E-state index contributed by atoms with van der Waals surface area (Å²) in [6.45, 7) is 1.81. The quantitative estimate of drug-likeness (QED) is 0.424. The summed E-state index contributed by atoms with van der Waals surface area (Å²) in [6.07, 6.45) is 0.177. The lowest BCUT2D eigenvalue weighted by atomic mass is 10.1. The lowest BCUT2D eigenvalue weighted by molar-refractivity contribution is -0.384. The van der Waals surface area contributed by atoms with Gasteiger partial charge in [0.25, 0.3) is 5.69 Å². The number of amides is 1. The Balaban J connectivity index is 1.99. The van der Waals surface area contributed by atoms with Crippen molar-refractivity contribution in [3.63, 3.8) is 0 Å². The van der Waals surface area contributed by atoms with Crippen LogP contribution in [0.3, 0.4) is 0 Å². The number of carbonyl (C=O) groups excluding carboxylic acids is 1. The standard InChI is InChI=1S/C13H17N3O5/c1-20-4-5-21-3-2-14-11-8-10-9(7-13(17)15-10)6-12(11)16(18)19/h6,8,14H,2-5,7H2,1H3,(H,15,17). The van der Waals surface area contributed by atoms with Gasteiger partial charge in [0.2, 0.25) is 5.91 Å². The molecule has 2 N–H and O–H groups in total. The Morgan fingerprint density at radius 3 is 2.90 bits per heavy atom. The van der Waals surface area contributed by atoms with Crippen LogP contribution in [0.4, 0.5) is 17.1 Å². The van der Waals surface area contributed by atoms with Crippen molar-refractivity contribution in [3.8, 4) is 0 Å². The van der Waals surface area contributed by atoms with Crippen molar-refractivity contribution in [3.05, 3.63) is 27.8 Å². The molecule has 1 aromatic carbocycles. The van der Waals surface area contributed by atoms with Gasteiger partial charge < -0.3 is 20.1 Å². The van der Waals surface area contributed by atoms with Gasteiger partial charge in [0.05, 0.1) is 31.2 Å². The molecule has 2 rings (SSSR count). The Bertz CT molecular complexity index is 547. The van der Waals surface area contributed by atoms with Crippen LogP contribution >= 0.6 is 0 Å². The van der Waals surface area contributed by atoms with Crippen LogP contribution in [-0.4, -0.2) is 44.3 Å². The number of hydrogen-bond donors (Lipinski definition) is 2. The summed E-state index contributed by atoms with van der Waals surface area (Å²) in [4.78, 5) is 21.9. The number of nitro groups is 1. The predicted octanol–water partition coefficient (Wildman–Crippen LogP) is 1.16. The van der Waals surface area contributed by atoms with Crippen molar-refractivity contribution in [1.82, 2.24) is 0 Å². The maximum absolute atomic E-state index is 11.3. The third-order valence-corrected chi connectivity index (χ3v) is 3.04. The average Bonchev–Trinajstić information content (AvgIpc) is 2.80. The van der Waals surface area contributed by atoms with Crippen LogP contribution in [0.15, 0.2) is 12.1 Å². The van der Waals surface area contributed by atoms with Gasteiger partial charge in [0, 0.05) is 25.4 Å². The molecule has 0 bridgehead atoms. The molecule has 1 heterocycles. The molecule has 0 saturated heterocycles. The van der Waals surface area contributed by atoms with Crippen LogP contribution in [0.5, 0.6) is 0 Å². The first-order valence-corrected chi connectivity index (χ1v) is 6.53. The number of carbonyl (C=O) groups is 1. The minimum Gasteiger partial charge on any atom is -0.382 e. The lowest BCUT2D eigenvalue weighted by Gasteiger charge is -2.09. The van der Waals surface area contributed by atoms with E-state index in [2.05, 4.69) is 10.6 Å². The van der Waals surface area contributed by atoms with Crippen LogP contribution in [0, 0.1) is 10.1 Å². The average molecular weight is 295 g/mol. The molecule has 1 aromatic rings. The van der Waals surface area contributed by atoms with Crippen LogP contribution in [0.2, 0.25) is 0 Å². The minimum atomic E-state index is -0.461. The summed E-state index contributed by atoms with van der Waals surface area (Å²) in [5.74, 6) is -0.153. The Hall–Kier alpha value is -2.19. The molecule has 0 atom stereocenters. The molecule has 0 spiro atoms. The molecular weight excluding hydrogens is 278 g/mol. The van der Waals surface area contributed by atoms with E-state index < -0.39 is 4.92 Å². The first-order valence-electron chi connectivity index (χ1n) is 6.53. The number of benzene rings is 1. The zero-order valence-electron chi connectivity index (χ0n) is 11.7. The van der Waals surface area contributed by atoms with Crippen LogP contribution in [-0.2, 0) is 20.7 Å². The van der Waals surface area contributed by atoms with E-state index in [9.17, 15) is 14.9 Å². The minimum absolute atomic E-state index is 0.0397. The molecule has 1 aliphatic rings. The van der Waals surface area contributed by atoms with E-state index in [0.29, 0.717) is 43.3 Å². The Labute approximate surface area is 121 Å². The highest BCUT2D eigenvalue weighted by Gasteiger charge is 2.24. The number of methoxy groups -OCH3 is 1. The van der Waals surface area contributed by atoms with Crippen molar-refractivity contribution in [1.29, 1.82) is 0 Å². The fraction of sp³-hybridized carbons (Fsp3) is 0.462. The second kappa shape index (κ2) is 7.00. The molecule has 1 aliphatic heterocycles. The van der Waals surface area contributed by atoms with Crippen LogP contribution < -0.4 is 10.6 Å². The zero-order valence-corrected chi connectivity index (χ0v) is 11.7. The molecular formula is C13H17N3O5. The topological polar surface area (TPSA) is 103 Å². The second-order valence-corrected chi connectivity index (χ2v) is 4.54. The zero-order chi connectivity index (χ0) is 15.2. The van der Waals surface area contributed by atoms with Gasteiger partial charge >= 0.3 is 0 Å². The molecule has 0 unspecified atom stereocenters. The third-order valence-electron chi connectivity index (χ3n) is 3.04. The summed E-state index contributed by atoms with van der Waals surface area (Å²) in [5.41, 5.74) is 1.60. The number of anilines is 2. The van der Waals surface area contributed by atoms with E-state index in [0.717, 1.165) is 0 Å². The van der Waals surface area contributed by atoms with Crippen molar-refractivity contribution >= 4 is 23.0 Å². The van der Waals surface area contributed by atoms with Gasteiger partial charge in [-0.15, -0.1) is 0 Å². The van der Waals surface area contributed by atoms with Gasteiger partial charge in [-0.05, 0) is 11.6 Å². The Morgan fingerprint density at radius 1 is 1.38 bits per heavy atom. The summed E-state index contributed by atoms with van der Waals surface area (Å²) in [7, 11) is 1.59. The number of rotatable bonds is 8. The molecule has 0 aliphatic carbocycles.